The first-order chi connectivity index (χ1) is 9.99. The van der Waals surface area contributed by atoms with Gasteiger partial charge in [0.15, 0.2) is 5.82 Å². The van der Waals surface area contributed by atoms with Gasteiger partial charge in [0.2, 0.25) is 11.8 Å². The Morgan fingerprint density at radius 1 is 1.38 bits per heavy atom. The van der Waals surface area contributed by atoms with E-state index in [4.69, 9.17) is 4.74 Å². The van der Waals surface area contributed by atoms with Crippen molar-refractivity contribution in [1.82, 2.24) is 20.0 Å². The quantitative estimate of drug-likeness (QED) is 0.906. The van der Waals surface area contributed by atoms with E-state index in [1.807, 2.05) is 13.1 Å². The molecule has 0 saturated carbocycles. The first-order valence-electron chi connectivity index (χ1n) is 6.71. The summed E-state index contributed by atoms with van der Waals surface area (Å²) < 4.78 is 6.54. The van der Waals surface area contributed by atoms with Gasteiger partial charge in [-0.2, -0.15) is 5.10 Å². The Labute approximate surface area is 123 Å². The van der Waals surface area contributed by atoms with Crippen LogP contribution in [0.5, 0.6) is 5.88 Å². The van der Waals surface area contributed by atoms with Gasteiger partial charge in [0.05, 0.1) is 12.8 Å². The van der Waals surface area contributed by atoms with Crippen molar-refractivity contribution in [2.75, 3.05) is 12.4 Å². The van der Waals surface area contributed by atoms with E-state index in [0.717, 1.165) is 11.3 Å². The Kier molecular flexibility index (Phi) is 4.52. The van der Waals surface area contributed by atoms with Crippen molar-refractivity contribution in [3.8, 4) is 5.88 Å². The molecular formula is C14H19N5O2. The second kappa shape index (κ2) is 6.34. The number of ether oxygens (including phenoxy) is 1. The summed E-state index contributed by atoms with van der Waals surface area (Å²) in [5.41, 5.74) is 2.09. The van der Waals surface area contributed by atoms with Gasteiger partial charge in [-0.25, -0.2) is 0 Å². The number of methoxy groups -OCH3 is 1. The minimum Gasteiger partial charge on any atom is -0.480 e. The number of rotatable bonds is 5. The molecule has 0 radical (unpaired) electrons. The van der Waals surface area contributed by atoms with Crippen LogP contribution in [0.25, 0.3) is 0 Å². The molecular weight excluding hydrogens is 270 g/mol. The van der Waals surface area contributed by atoms with Crippen molar-refractivity contribution in [2.45, 2.75) is 33.2 Å². The van der Waals surface area contributed by atoms with Gasteiger partial charge >= 0.3 is 0 Å². The third kappa shape index (κ3) is 3.77. The van der Waals surface area contributed by atoms with E-state index < -0.39 is 0 Å². The van der Waals surface area contributed by atoms with Gasteiger partial charge in [-0.05, 0) is 24.5 Å². The normalized spacial score (nSPS) is 10.7. The second-order valence-corrected chi connectivity index (χ2v) is 5.03. The van der Waals surface area contributed by atoms with Crippen molar-refractivity contribution in [3.63, 3.8) is 0 Å². The van der Waals surface area contributed by atoms with Crippen molar-refractivity contribution in [3.05, 3.63) is 29.6 Å². The molecule has 0 aromatic carbocycles. The zero-order valence-electron chi connectivity index (χ0n) is 12.6. The molecule has 0 atom stereocenters. The van der Waals surface area contributed by atoms with Gasteiger partial charge < -0.3 is 10.1 Å². The number of nitrogens with zero attached hydrogens (tertiary/aromatic N) is 4. The number of aromatic nitrogens is 4. The lowest BCUT2D eigenvalue weighted by Crippen LogP contribution is -2.20. The molecule has 2 rings (SSSR count). The maximum atomic E-state index is 12.0. The van der Waals surface area contributed by atoms with Crippen LogP contribution in [0.3, 0.4) is 0 Å². The second-order valence-electron chi connectivity index (χ2n) is 5.03. The highest BCUT2D eigenvalue weighted by Crippen LogP contribution is 2.17. The number of anilines is 1. The van der Waals surface area contributed by atoms with Crippen LogP contribution in [-0.4, -0.2) is 33.0 Å². The van der Waals surface area contributed by atoms with Crippen molar-refractivity contribution in [2.24, 2.45) is 0 Å². The van der Waals surface area contributed by atoms with Gasteiger partial charge in [0, 0.05) is 12.3 Å². The van der Waals surface area contributed by atoms with E-state index in [1.165, 1.54) is 7.11 Å². The van der Waals surface area contributed by atoms with Crippen LogP contribution in [0.1, 0.15) is 31.0 Å². The molecule has 21 heavy (non-hydrogen) atoms. The highest BCUT2D eigenvalue weighted by Gasteiger charge is 2.11. The van der Waals surface area contributed by atoms with E-state index in [1.54, 1.807) is 16.8 Å². The molecule has 1 amide bonds. The molecule has 2 aromatic rings. The standard InChI is InChI=1S/C14H19N5O2/c1-9(2)11-7-19(18-10(11)3)8-13(20)15-12-5-6-14(21-4)17-16-12/h5-7,9H,8H2,1-4H3,(H,15,16,20). The maximum Gasteiger partial charge on any atom is 0.247 e. The average Bonchev–Trinajstić information content (AvgIpc) is 2.80. The van der Waals surface area contributed by atoms with E-state index in [2.05, 4.69) is 34.5 Å². The number of aryl methyl sites for hydroxylation is 1. The molecule has 0 aliphatic heterocycles. The Balaban J connectivity index is 1.99. The lowest BCUT2D eigenvalue weighted by atomic mass is 10.1. The lowest BCUT2D eigenvalue weighted by molar-refractivity contribution is -0.116. The van der Waals surface area contributed by atoms with Gasteiger partial charge in [-0.15, -0.1) is 10.2 Å². The molecule has 0 aliphatic rings. The zero-order chi connectivity index (χ0) is 15.4. The van der Waals surface area contributed by atoms with Crippen LogP contribution in [0, 0.1) is 6.92 Å². The number of hydrogen-bond donors (Lipinski definition) is 1. The van der Waals surface area contributed by atoms with E-state index in [9.17, 15) is 4.79 Å². The summed E-state index contributed by atoms with van der Waals surface area (Å²) in [7, 11) is 1.51. The molecule has 0 saturated heterocycles. The lowest BCUT2D eigenvalue weighted by Gasteiger charge is -2.04. The van der Waals surface area contributed by atoms with E-state index in [-0.39, 0.29) is 12.5 Å². The molecule has 1 N–H and O–H groups in total. The SMILES string of the molecule is COc1ccc(NC(=O)Cn2cc(C(C)C)c(C)n2)nn1. The monoisotopic (exact) mass is 289 g/mol. The fourth-order valence-electron chi connectivity index (χ4n) is 2.01. The Bertz CT molecular complexity index is 619. The minimum atomic E-state index is -0.202. The molecule has 0 aliphatic carbocycles. The largest absolute Gasteiger partial charge is 0.480 e. The van der Waals surface area contributed by atoms with Crippen LogP contribution in [0.15, 0.2) is 18.3 Å². The number of carbonyl (C=O) groups excluding carboxylic acids is 1. The summed E-state index contributed by atoms with van der Waals surface area (Å²) in [5.74, 6) is 0.965. The maximum absolute atomic E-state index is 12.0. The Morgan fingerprint density at radius 3 is 2.67 bits per heavy atom. The average molecular weight is 289 g/mol. The predicted octanol–water partition coefficient (Wildman–Crippen LogP) is 1.75. The van der Waals surface area contributed by atoms with Crippen molar-refractivity contribution in [1.29, 1.82) is 0 Å². The number of carbonyl (C=O) groups is 1. The molecule has 0 bridgehead atoms. The Hall–Kier alpha value is -2.44. The fourth-order valence-corrected chi connectivity index (χ4v) is 2.01. The van der Waals surface area contributed by atoms with Gasteiger partial charge in [-0.1, -0.05) is 13.8 Å². The van der Waals surface area contributed by atoms with Gasteiger partial charge in [0.1, 0.15) is 6.54 Å². The molecule has 0 spiro atoms. The van der Waals surface area contributed by atoms with Crippen molar-refractivity contribution >= 4 is 11.7 Å². The zero-order valence-corrected chi connectivity index (χ0v) is 12.6. The summed E-state index contributed by atoms with van der Waals surface area (Å²) in [6.07, 6.45) is 1.90. The van der Waals surface area contributed by atoms with Crippen LogP contribution in [-0.2, 0) is 11.3 Å². The number of amides is 1. The van der Waals surface area contributed by atoms with Gasteiger partial charge in [-0.3, -0.25) is 9.48 Å². The molecule has 2 heterocycles. The first kappa shape index (κ1) is 15.0. The molecule has 0 unspecified atom stereocenters. The summed E-state index contributed by atoms with van der Waals surface area (Å²) in [6.45, 7) is 6.28. The fraction of sp³-hybridized carbons (Fsp3) is 0.429. The summed E-state index contributed by atoms with van der Waals surface area (Å²) in [6, 6.07) is 3.27. The summed E-state index contributed by atoms with van der Waals surface area (Å²) >= 11 is 0. The molecule has 112 valence electrons. The highest BCUT2D eigenvalue weighted by atomic mass is 16.5. The summed E-state index contributed by atoms with van der Waals surface area (Å²) in [4.78, 5) is 12.0. The van der Waals surface area contributed by atoms with Crippen molar-refractivity contribution < 1.29 is 9.53 Å². The van der Waals surface area contributed by atoms with E-state index >= 15 is 0 Å². The topological polar surface area (TPSA) is 81.9 Å². The number of hydrogen-bond acceptors (Lipinski definition) is 5. The highest BCUT2D eigenvalue weighted by molar-refractivity contribution is 5.89. The molecule has 7 heteroatoms. The smallest absolute Gasteiger partial charge is 0.247 e. The molecule has 0 fully saturated rings. The molecule has 2 aromatic heterocycles. The van der Waals surface area contributed by atoms with Crippen LogP contribution >= 0.6 is 0 Å². The Morgan fingerprint density at radius 2 is 2.14 bits per heavy atom. The first-order valence-corrected chi connectivity index (χ1v) is 6.71. The molecule has 7 nitrogen and oxygen atoms in total. The number of nitrogens with one attached hydrogen (secondary N) is 1. The van der Waals surface area contributed by atoms with Crippen LogP contribution in [0.2, 0.25) is 0 Å². The summed E-state index contributed by atoms with van der Waals surface area (Å²) in [5, 5.41) is 14.6. The third-order valence-electron chi connectivity index (χ3n) is 3.03. The van der Waals surface area contributed by atoms with Crippen LogP contribution in [0.4, 0.5) is 5.82 Å². The van der Waals surface area contributed by atoms with E-state index in [0.29, 0.717) is 17.6 Å². The van der Waals surface area contributed by atoms with Crippen LogP contribution < -0.4 is 10.1 Å². The predicted molar refractivity (Wildman–Crippen MR) is 78.3 cm³/mol. The third-order valence-corrected chi connectivity index (χ3v) is 3.03. The minimum absolute atomic E-state index is 0.140. The van der Waals surface area contributed by atoms with Gasteiger partial charge in [0.25, 0.3) is 0 Å².